The lowest BCUT2D eigenvalue weighted by Crippen LogP contribution is -2.38. The molecule has 2 rings (SSSR count). The molecule has 1 aromatic carbocycles. The maximum atomic E-state index is 10.5. The molecule has 1 fully saturated rings. The molecule has 0 bridgehead atoms. The van der Waals surface area contributed by atoms with E-state index in [1.54, 1.807) is 0 Å². The highest BCUT2D eigenvalue weighted by Gasteiger charge is 2.12. The number of aliphatic imine (C=N–C) groups is 1. The Hall–Kier alpha value is -2.19. The van der Waals surface area contributed by atoms with Crippen LogP contribution < -0.4 is 10.1 Å². The first kappa shape index (κ1) is 20.1. The molecule has 2 N–H and O–H groups in total. The first-order chi connectivity index (χ1) is 12.6. The molecule has 1 aromatic rings. The van der Waals surface area contributed by atoms with E-state index in [-0.39, 0.29) is 25.5 Å². The molecule has 144 valence electrons. The molecule has 0 spiro atoms. The van der Waals surface area contributed by atoms with Gasteiger partial charge in [-0.15, -0.1) is 0 Å². The number of nitrogens with one attached hydrogen (secondary N) is 1. The zero-order chi connectivity index (χ0) is 18.8. The van der Waals surface area contributed by atoms with Gasteiger partial charge in [0.25, 0.3) is 6.54 Å². The van der Waals surface area contributed by atoms with Crippen molar-refractivity contribution in [3.8, 4) is 5.75 Å². The third-order valence-electron chi connectivity index (χ3n) is 4.29. The molecule has 1 atom stereocenters. The first-order valence-electron chi connectivity index (χ1n) is 9.00. The molecule has 0 amide bonds. The minimum atomic E-state index is -0.788. The van der Waals surface area contributed by atoms with Gasteiger partial charge in [-0.25, -0.2) is 0 Å². The van der Waals surface area contributed by atoms with Crippen LogP contribution in [0.1, 0.15) is 24.8 Å². The molecular weight excluding hydrogens is 336 g/mol. The summed E-state index contributed by atoms with van der Waals surface area (Å²) in [7, 11) is 1.47. The predicted octanol–water partition coefficient (Wildman–Crippen LogP) is 1.31. The number of hydrogen-bond acceptors (Lipinski definition) is 6. The summed E-state index contributed by atoms with van der Waals surface area (Å²) in [4.78, 5) is 16.3. The lowest BCUT2D eigenvalue weighted by atomic mass is 10.1. The molecule has 8 nitrogen and oxygen atoms in total. The van der Waals surface area contributed by atoms with Gasteiger partial charge in [-0.1, -0.05) is 18.6 Å². The summed E-state index contributed by atoms with van der Waals surface area (Å²) < 4.78 is 5.66. The molecule has 1 heterocycles. The minimum absolute atomic E-state index is 0.107. The van der Waals surface area contributed by atoms with Crippen LogP contribution in [0.15, 0.2) is 29.3 Å². The highest BCUT2D eigenvalue weighted by atomic mass is 16.6. The van der Waals surface area contributed by atoms with Gasteiger partial charge in [-0.3, -0.25) is 20.0 Å². The number of nitrogens with zero attached hydrogens (tertiary/aromatic N) is 3. The molecule has 1 aliphatic rings. The van der Waals surface area contributed by atoms with E-state index < -0.39 is 11.0 Å². The maximum Gasteiger partial charge on any atom is 0.259 e. The first-order valence-corrected chi connectivity index (χ1v) is 9.00. The van der Waals surface area contributed by atoms with Crippen LogP contribution in [0, 0.1) is 10.1 Å². The number of amidine groups is 1. The van der Waals surface area contributed by atoms with Crippen LogP contribution in [0.25, 0.3) is 0 Å². The fourth-order valence-electron chi connectivity index (χ4n) is 2.92. The van der Waals surface area contributed by atoms with E-state index in [0.29, 0.717) is 5.75 Å². The Balaban J connectivity index is 1.75. The normalized spacial score (nSPS) is 16.9. The summed E-state index contributed by atoms with van der Waals surface area (Å²) >= 11 is 0. The lowest BCUT2D eigenvalue weighted by Gasteiger charge is -2.26. The van der Waals surface area contributed by atoms with Gasteiger partial charge in [0.05, 0.1) is 0 Å². The zero-order valence-corrected chi connectivity index (χ0v) is 15.3. The van der Waals surface area contributed by atoms with Crippen molar-refractivity contribution in [2.24, 2.45) is 4.99 Å². The van der Waals surface area contributed by atoms with Crippen LogP contribution in [-0.2, 0) is 6.54 Å². The molecule has 0 aromatic heterocycles. The number of hydrogen-bond donors (Lipinski definition) is 2. The Bertz CT molecular complexity index is 603. The van der Waals surface area contributed by atoms with Crippen LogP contribution in [0.4, 0.5) is 0 Å². The van der Waals surface area contributed by atoms with Gasteiger partial charge in [0.15, 0.2) is 5.84 Å². The SMILES string of the molecule is CN=C(C[N+](=O)[O-])NCC(O)COc1cccc(CN2CCCCC2)c1. The van der Waals surface area contributed by atoms with Crippen LogP contribution in [-0.4, -0.2) is 66.7 Å². The fraction of sp³-hybridized carbons (Fsp3) is 0.611. The van der Waals surface area contributed by atoms with E-state index in [1.165, 1.54) is 31.9 Å². The highest BCUT2D eigenvalue weighted by Crippen LogP contribution is 2.17. The van der Waals surface area contributed by atoms with Crippen molar-refractivity contribution in [1.82, 2.24) is 10.2 Å². The second kappa shape index (κ2) is 10.7. The van der Waals surface area contributed by atoms with Crippen LogP contribution in [0.2, 0.25) is 0 Å². The Labute approximate surface area is 154 Å². The number of likely N-dealkylation sites (tertiary alicyclic amines) is 1. The monoisotopic (exact) mass is 364 g/mol. The molecule has 0 radical (unpaired) electrons. The summed E-state index contributed by atoms with van der Waals surface area (Å²) in [6.45, 7) is 3.06. The average molecular weight is 364 g/mol. The number of benzene rings is 1. The van der Waals surface area contributed by atoms with Crippen LogP contribution >= 0.6 is 0 Å². The molecule has 26 heavy (non-hydrogen) atoms. The third-order valence-corrected chi connectivity index (χ3v) is 4.29. The van der Waals surface area contributed by atoms with Crippen molar-refractivity contribution < 1.29 is 14.8 Å². The smallest absolute Gasteiger partial charge is 0.259 e. The summed E-state index contributed by atoms with van der Waals surface area (Å²) in [5.74, 6) is 0.950. The summed E-state index contributed by atoms with van der Waals surface area (Å²) in [5.41, 5.74) is 1.20. The van der Waals surface area contributed by atoms with Crippen molar-refractivity contribution >= 4 is 5.84 Å². The second-order valence-electron chi connectivity index (χ2n) is 6.49. The largest absolute Gasteiger partial charge is 0.491 e. The van der Waals surface area contributed by atoms with Crippen LogP contribution in [0.3, 0.4) is 0 Å². The Morgan fingerprint density at radius 1 is 1.42 bits per heavy atom. The van der Waals surface area contributed by atoms with Crippen molar-refractivity contribution in [1.29, 1.82) is 0 Å². The molecule has 1 aliphatic heterocycles. The van der Waals surface area contributed by atoms with Crippen molar-refractivity contribution in [3.05, 3.63) is 39.9 Å². The quantitative estimate of drug-likeness (QED) is 0.297. The Morgan fingerprint density at radius 2 is 2.19 bits per heavy atom. The van der Waals surface area contributed by atoms with E-state index in [2.05, 4.69) is 21.3 Å². The van der Waals surface area contributed by atoms with Gasteiger partial charge < -0.3 is 15.2 Å². The van der Waals surface area contributed by atoms with E-state index in [4.69, 9.17) is 4.74 Å². The van der Waals surface area contributed by atoms with E-state index in [9.17, 15) is 15.2 Å². The molecule has 8 heteroatoms. The maximum absolute atomic E-state index is 10.5. The highest BCUT2D eigenvalue weighted by molar-refractivity contribution is 5.83. The summed E-state index contributed by atoms with van der Waals surface area (Å²) in [6, 6.07) is 7.91. The number of ether oxygens (including phenoxy) is 1. The Morgan fingerprint density at radius 3 is 2.88 bits per heavy atom. The van der Waals surface area contributed by atoms with Crippen molar-refractivity contribution in [2.75, 3.05) is 39.8 Å². The number of aliphatic hydroxyl groups is 1. The van der Waals surface area contributed by atoms with Gasteiger partial charge in [-0.05, 0) is 43.6 Å². The number of rotatable bonds is 9. The summed E-state index contributed by atoms with van der Waals surface area (Å²) in [5, 5.41) is 23.3. The topological polar surface area (TPSA) is 100 Å². The molecule has 0 saturated carbocycles. The number of nitro groups is 1. The third kappa shape index (κ3) is 7.37. The lowest BCUT2D eigenvalue weighted by molar-refractivity contribution is -0.463. The Kier molecular flexibility index (Phi) is 8.30. The van der Waals surface area contributed by atoms with E-state index in [0.717, 1.165) is 19.6 Å². The molecule has 0 aliphatic carbocycles. The molecule has 1 unspecified atom stereocenters. The fourth-order valence-corrected chi connectivity index (χ4v) is 2.92. The molecular formula is C18H28N4O4. The van der Waals surface area contributed by atoms with Gasteiger partial charge in [0.2, 0.25) is 0 Å². The van der Waals surface area contributed by atoms with Crippen molar-refractivity contribution in [3.63, 3.8) is 0 Å². The van der Waals surface area contributed by atoms with Gasteiger partial charge >= 0.3 is 0 Å². The second-order valence-corrected chi connectivity index (χ2v) is 6.49. The van der Waals surface area contributed by atoms with Gasteiger partial charge in [0, 0.05) is 25.1 Å². The van der Waals surface area contributed by atoms with E-state index in [1.807, 2.05) is 18.2 Å². The predicted molar refractivity (Wildman–Crippen MR) is 100 cm³/mol. The van der Waals surface area contributed by atoms with Crippen LogP contribution in [0.5, 0.6) is 5.75 Å². The zero-order valence-electron chi connectivity index (χ0n) is 15.3. The standard InChI is InChI=1S/C18H28N4O4/c1-19-18(13-22(24)25)20-11-16(23)14-26-17-7-5-6-15(10-17)12-21-8-3-2-4-9-21/h5-7,10,16,23H,2-4,8-9,11-14H2,1H3,(H,19,20). The average Bonchev–Trinajstić information content (AvgIpc) is 2.64. The van der Waals surface area contributed by atoms with Gasteiger partial charge in [0.1, 0.15) is 18.5 Å². The van der Waals surface area contributed by atoms with E-state index >= 15 is 0 Å². The summed E-state index contributed by atoms with van der Waals surface area (Å²) in [6.07, 6.45) is 3.05. The van der Waals surface area contributed by atoms with Gasteiger partial charge in [-0.2, -0.15) is 0 Å². The number of piperidine rings is 1. The molecule has 1 saturated heterocycles. The van der Waals surface area contributed by atoms with Crippen molar-refractivity contribution in [2.45, 2.75) is 31.9 Å². The number of aliphatic hydroxyl groups excluding tert-OH is 1. The minimum Gasteiger partial charge on any atom is -0.491 e.